The van der Waals surface area contributed by atoms with Crippen LogP contribution < -0.4 is 5.32 Å². The Kier molecular flexibility index (Phi) is 2.49. The molecule has 1 aromatic carbocycles. The molecule has 0 fully saturated rings. The minimum Gasteiger partial charge on any atom is -0.389 e. The van der Waals surface area contributed by atoms with Crippen molar-refractivity contribution in [3.05, 3.63) is 28.8 Å². The van der Waals surface area contributed by atoms with Gasteiger partial charge in [0.05, 0.1) is 6.10 Å². The van der Waals surface area contributed by atoms with Crippen molar-refractivity contribution in [2.75, 3.05) is 5.32 Å². The van der Waals surface area contributed by atoms with E-state index in [0.717, 1.165) is 28.8 Å². The molecule has 15 heavy (non-hydrogen) atoms. The number of anilines is 1. The zero-order valence-corrected chi connectivity index (χ0v) is 9.00. The molecule has 0 aliphatic carbocycles. The van der Waals surface area contributed by atoms with E-state index in [0.29, 0.717) is 6.42 Å². The summed E-state index contributed by atoms with van der Waals surface area (Å²) >= 11 is 0. The smallest absolute Gasteiger partial charge is 0.224 e. The number of aryl methyl sites for hydroxylation is 2. The molecule has 3 heteroatoms. The SMILES string of the molecule is Cc1cc(C(C)O)cc2c1NC(=O)CC2. The van der Waals surface area contributed by atoms with Gasteiger partial charge in [-0.05, 0) is 37.0 Å². The van der Waals surface area contributed by atoms with Gasteiger partial charge in [-0.3, -0.25) is 4.79 Å². The minimum atomic E-state index is -0.452. The van der Waals surface area contributed by atoms with Crippen LogP contribution in [0.1, 0.15) is 36.1 Å². The predicted molar refractivity (Wildman–Crippen MR) is 58.8 cm³/mol. The fraction of sp³-hybridized carbons (Fsp3) is 0.417. The molecule has 0 radical (unpaired) electrons. The molecule has 0 spiro atoms. The van der Waals surface area contributed by atoms with Crippen LogP contribution in [0.2, 0.25) is 0 Å². The van der Waals surface area contributed by atoms with Crippen molar-refractivity contribution in [2.24, 2.45) is 0 Å². The van der Waals surface area contributed by atoms with E-state index in [1.165, 1.54) is 0 Å². The zero-order valence-electron chi connectivity index (χ0n) is 9.00. The van der Waals surface area contributed by atoms with E-state index in [-0.39, 0.29) is 5.91 Å². The van der Waals surface area contributed by atoms with Crippen LogP contribution in [0.5, 0.6) is 0 Å². The Balaban J connectivity index is 2.47. The number of hydrogen-bond acceptors (Lipinski definition) is 2. The Hall–Kier alpha value is -1.35. The molecule has 0 bridgehead atoms. The van der Waals surface area contributed by atoms with Gasteiger partial charge >= 0.3 is 0 Å². The monoisotopic (exact) mass is 205 g/mol. The fourth-order valence-electron chi connectivity index (χ4n) is 1.96. The van der Waals surface area contributed by atoms with Crippen LogP contribution in [0, 0.1) is 6.92 Å². The summed E-state index contributed by atoms with van der Waals surface area (Å²) in [5.41, 5.74) is 4.00. The van der Waals surface area contributed by atoms with Gasteiger partial charge in [0, 0.05) is 12.1 Å². The Morgan fingerprint density at radius 1 is 1.40 bits per heavy atom. The van der Waals surface area contributed by atoms with Crippen molar-refractivity contribution in [1.82, 2.24) is 0 Å². The van der Waals surface area contributed by atoms with Gasteiger partial charge < -0.3 is 10.4 Å². The summed E-state index contributed by atoms with van der Waals surface area (Å²) in [7, 11) is 0. The number of carbonyl (C=O) groups is 1. The Morgan fingerprint density at radius 2 is 2.13 bits per heavy atom. The summed E-state index contributed by atoms with van der Waals surface area (Å²) < 4.78 is 0. The molecule has 0 saturated heterocycles. The normalized spacial score (nSPS) is 16.9. The van der Waals surface area contributed by atoms with Crippen molar-refractivity contribution < 1.29 is 9.90 Å². The lowest BCUT2D eigenvalue weighted by molar-refractivity contribution is -0.116. The van der Waals surface area contributed by atoms with Gasteiger partial charge in [-0.25, -0.2) is 0 Å². The van der Waals surface area contributed by atoms with Gasteiger partial charge in [0.1, 0.15) is 0 Å². The molecule has 2 N–H and O–H groups in total. The zero-order chi connectivity index (χ0) is 11.0. The number of aliphatic hydroxyl groups excluding tert-OH is 1. The first-order valence-corrected chi connectivity index (χ1v) is 5.19. The van der Waals surface area contributed by atoms with Gasteiger partial charge in [0.25, 0.3) is 0 Å². The topological polar surface area (TPSA) is 49.3 Å². The molecule has 1 amide bonds. The number of fused-ring (bicyclic) bond motifs is 1. The average Bonchev–Trinajstić information content (AvgIpc) is 2.18. The summed E-state index contributed by atoms with van der Waals surface area (Å²) in [4.78, 5) is 11.2. The summed E-state index contributed by atoms with van der Waals surface area (Å²) in [5.74, 6) is 0.0791. The molecule has 1 heterocycles. The molecule has 1 atom stereocenters. The second kappa shape index (κ2) is 3.66. The number of nitrogens with one attached hydrogen (secondary N) is 1. The third-order valence-electron chi connectivity index (χ3n) is 2.81. The highest BCUT2D eigenvalue weighted by molar-refractivity contribution is 5.94. The molecule has 1 aromatic rings. The van der Waals surface area contributed by atoms with Gasteiger partial charge in [0.15, 0.2) is 0 Å². The lowest BCUT2D eigenvalue weighted by atomic mass is 9.95. The third-order valence-corrected chi connectivity index (χ3v) is 2.81. The van der Waals surface area contributed by atoms with Gasteiger partial charge in [-0.15, -0.1) is 0 Å². The fourth-order valence-corrected chi connectivity index (χ4v) is 1.96. The van der Waals surface area contributed by atoms with E-state index in [9.17, 15) is 9.90 Å². The van der Waals surface area contributed by atoms with E-state index in [1.54, 1.807) is 6.92 Å². The number of benzene rings is 1. The van der Waals surface area contributed by atoms with Crippen molar-refractivity contribution in [3.8, 4) is 0 Å². The number of carbonyl (C=O) groups excluding carboxylic acids is 1. The van der Waals surface area contributed by atoms with Gasteiger partial charge in [0.2, 0.25) is 5.91 Å². The Labute approximate surface area is 89.1 Å². The standard InChI is InChI=1S/C12H15NO2/c1-7-5-10(8(2)14)6-9-3-4-11(15)13-12(7)9/h5-6,8,14H,3-4H2,1-2H3,(H,13,15). The molecule has 1 aliphatic heterocycles. The van der Waals surface area contributed by atoms with E-state index in [2.05, 4.69) is 5.32 Å². The average molecular weight is 205 g/mol. The van der Waals surface area contributed by atoms with E-state index in [1.807, 2.05) is 19.1 Å². The van der Waals surface area contributed by atoms with Crippen molar-refractivity contribution in [3.63, 3.8) is 0 Å². The Morgan fingerprint density at radius 3 is 2.80 bits per heavy atom. The maximum absolute atomic E-state index is 11.2. The first-order chi connectivity index (χ1) is 7.08. The van der Waals surface area contributed by atoms with Crippen molar-refractivity contribution in [2.45, 2.75) is 32.8 Å². The molecular weight excluding hydrogens is 190 g/mol. The van der Waals surface area contributed by atoms with Gasteiger partial charge in [-0.2, -0.15) is 0 Å². The van der Waals surface area contributed by atoms with Crippen molar-refractivity contribution >= 4 is 11.6 Å². The number of rotatable bonds is 1. The number of aliphatic hydroxyl groups is 1. The number of amides is 1. The van der Waals surface area contributed by atoms with Crippen LogP contribution in [-0.4, -0.2) is 11.0 Å². The molecule has 80 valence electrons. The maximum Gasteiger partial charge on any atom is 0.224 e. The molecule has 3 nitrogen and oxygen atoms in total. The molecule has 1 unspecified atom stereocenters. The lowest BCUT2D eigenvalue weighted by Gasteiger charge is -2.21. The Bertz CT molecular complexity index is 410. The summed E-state index contributed by atoms with van der Waals surface area (Å²) in [6.45, 7) is 3.71. The largest absolute Gasteiger partial charge is 0.389 e. The molecular formula is C12H15NO2. The van der Waals surface area contributed by atoms with Crippen LogP contribution in [0.15, 0.2) is 12.1 Å². The maximum atomic E-state index is 11.2. The first-order valence-electron chi connectivity index (χ1n) is 5.19. The van der Waals surface area contributed by atoms with E-state index < -0.39 is 6.10 Å². The van der Waals surface area contributed by atoms with E-state index >= 15 is 0 Å². The first kappa shape index (κ1) is 10.2. The quantitative estimate of drug-likeness (QED) is 0.736. The van der Waals surface area contributed by atoms with Crippen LogP contribution in [0.25, 0.3) is 0 Å². The molecule has 2 rings (SSSR count). The van der Waals surface area contributed by atoms with Crippen LogP contribution in [0.4, 0.5) is 5.69 Å². The summed E-state index contributed by atoms with van der Waals surface area (Å²) in [6, 6.07) is 3.90. The highest BCUT2D eigenvalue weighted by Crippen LogP contribution is 2.29. The van der Waals surface area contributed by atoms with Crippen LogP contribution >= 0.6 is 0 Å². The highest BCUT2D eigenvalue weighted by Gasteiger charge is 2.18. The highest BCUT2D eigenvalue weighted by atomic mass is 16.3. The minimum absolute atomic E-state index is 0.0791. The second-order valence-electron chi connectivity index (χ2n) is 4.10. The summed E-state index contributed by atoms with van der Waals surface area (Å²) in [5, 5.41) is 12.4. The summed E-state index contributed by atoms with van der Waals surface area (Å²) in [6.07, 6.45) is 0.852. The molecule has 1 aliphatic rings. The van der Waals surface area contributed by atoms with Crippen molar-refractivity contribution in [1.29, 1.82) is 0 Å². The lowest BCUT2D eigenvalue weighted by Crippen LogP contribution is -2.20. The van der Waals surface area contributed by atoms with Gasteiger partial charge in [-0.1, -0.05) is 12.1 Å². The number of hydrogen-bond donors (Lipinski definition) is 2. The van der Waals surface area contributed by atoms with Crippen LogP contribution in [-0.2, 0) is 11.2 Å². The third kappa shape index (κ3) is 1.88. The van der Waals surface area contributed by atoms with Crippen LogP contribution in [0.3, 0.4) is 0 Å². The van der Waals surface area contributed by atoms with E-state index in [4.69, 9.17) is 0 Å². The second-order valence-corrected chi connectivity index (χ2v) is 4.10. The molecule has 0 aromatic heterocycles. The predicted octanol–water partition coefficient (Wildman–Crippen LogP) is 1.93. The molecule has 0 saturated carbocycles.